The maximum absolute atomic E-state index is 14.4. The summed E-state index contributed by atoms with van der Waals surface area (Å²) in [6, 6.07) is 18.4. The van der Waals surface area contributed by atoms with E-state index in [1.54, 1.807) is 43.4 Å². The summed E-state index contributed by atoms with van der Waals surface area (Å²) in [5.74, 6) is -0.929. The topological polar surface area (TPSA) is 65.4 Å². The standard InChI is InChI=1S/C23H19F2N3O2/c1-28(14-16-5-7-19(24)8-6-16)23(29)27-20-9-10-22(21(25)12-20)30-15-18-4-2-3-17(11-18)13-26/h2-12H,14-15H2,1H3,(H,27,29). The fourth-order valence-electron chi connectivity index (χ4n) is 2.74. The highest BCUT2D eigenvalue weighted by Gasteiger charge is 2.12. The fourth-order valence-corrected chi connectivity index (χ4v) is 2.74. The molecule has 0 saturated carbocycles. The maximum atomic E-state index is 14.4. The summed E-state index contributed by atoms with van der Waals surface area (Å²) in [7, 11) is 1.59. The highest BCUT2D eigenvalue weighted by atomic mass is 19.1. The van der Waals surface area contributed by atoms with Gasteiger partial charge in [0.25, 0.3) is 0 Å². The molecule has 1 N–H and O–H groups in total. The van der Waals surface area contributed by atoms with Gasteiger partial charge in [0, 0.05) is 25.3 Å². The van der Waals surface area contributed by atoms with Gasteiger partial charge in [0.2, 0.25) is 0 Å². The third-order valence-electron chi connectivity index (χ3n) is 4.31. The molecule has 0 saturated heterocycles. The van der Waals surface area contributed by atoms with Gasteiger partial charge in [-0.1, -0.05) is 24.3 Å². The van der Waals surface area contributed by atoms with Crippen LogP contribution in [0.15, 0.2) is 66.7 Å². The first-order valence-electron chi connectivity index (χ1n) is 9.12. The molecule has 2 amide bonds. The number of halogens is 2. The molecule has 5 nitrogen and oxygen atoms in total. The number of carbonyl (C=O) groups excluding carboxylic acids is 1. The van der Waals surface area contributed by atoms with E-state index in [1.807, 2.05) is 6.07 Å². The van der Waals surface area contributed by atoms with Gasteiger partial charge in [-0.3, -0.25) is 0 Å². The van der Waals surface area contributed by atoms with E-state index in [2.05, 4.69) is 5.32 Å². The van der Waals surface area contributed by atoms with Crippen molar-refractivity contribution < 1.29 is 18.3 Å². The summed E-state index contributed by atoms with van der Waals surface area (Å²) in [5, 5.41) is 11.5. The summed E-state index contributed by atoms with van der Waals surface area (Å²) in [6.07, 6.45) is 0. The number of rotatable bonds is 6. The first-order chi connectivity index (χ1) is 14.4. The molecule has 0 atom stereocenters. The molecule has 0 fully saturated rings. The Hall–Kier alpha value is -3.92. The Morgan fingerprint density at radius 3 is 2.53 bits per heavy atom. The molecule has 0 aliphatic carbocycles. The lowest BCUT2D eigenvalue weighted by Gasteiger charge is -2.18. The Morgan fingerprint density at radius 2 is 1.83 bits per heavy atom. The van der Waals surface area contributed by atoms with Crippen LogP contribution in [-0.4, -0.2) is 18.0 Å². The average Bonchev–Trinajstić information content (AvgIpc) is 2.75. The lowest BCUT2D eigenvalue weighted by Crippen LogP contribution is -2.30. The Morgan fingerprint density at radius 1 is 1.07 bits per heavy atom. The third kappa shape index (κ3) is 5.55. The van der Waals surface area contributed by atoms with Crippen molar-refractivity contribution in [1.82, 2.24) is 4.90 Å². The molecular weight excluding hydrogens is 388 g/mol. The Bertz CT molecular complexity index is 1080. The number of nitriles is 1. The second kappa shape index (κ2) is 9.52. The van der Waals surface area contributed by atoms with Crippen LogP contribution in [0.1, 0.15) is 16.7 Å². The van der Waals surface area contributed by atoms with E-state index in [9.17, 15) is 13.6 Å². The van der Waals surface area contributed by atoms with Gasteiger partial charge in [-0.2, -0.15) is 5.26 Å². The van der Waals surface area contributed by atoms with Gasteiger partial charge in [0.05, 0.1) is 11.6 Å². The van der Waals surface area contributed by atoms with Crippen LogP contribution in [0.2, 0.25) is 0 Å². The maximum Gasteiger partial charge on any atom is 0.321 e. The van der Waals surface area contributed by atoms with Crippen molar-refractivity contribution in [2.75, 3.05) is 12.4 Å². The van der Waals surface area contributed by atoms with Crippen LogP contribution >= 0.6 is 0 Å². The molecule has 3 aromatic carbocycles. The minimum absolute atomic E-state index is 0.0371. The Balaban J connectivity index is 1.58. The van der Waals surface area contributed by atoms with Gasteiger partial charge in [-0.15, -0.1) is 0 Å². The first-order valence-corrected chi connectivity index (χ1v) is 9.12. The molecule has 30 heavy (non-hydrogen) atoms. The Labute approximate surface area is 173 Å². The number of benzene rings is 3. The van der Waals surface area contributed by atoms with Crippen LogP contribution < -0.4 is 10.1 Å². The van der Waals surface area contributed by atoms with Gasteiger partial charge in [-0.05, 0) is 47.5 Å². The van der Waals surface area contributed by atoms with Crippen molar-refractivity contribution in [3.8, 4) is 11.8 Å². The molecule has 3 aromatic rings. The predicted octanol–water partition coefficient (Wildman–Crippen LogP) is 5.08. The molecule has 152 valence electrons. The lowest BCUT2D eigenvalue weighted by atomic mass is 10.1. The summed E-state index contributed by atoms with van der Waals surface area (Å²) >= 11 is 0. The molecule has 0 unspecified atom stereocenters. The van der Waals surface area contributed by atoms with E-state index in [1.165, 1.54) is 35.2 Å². The van der Waals surface area contributed by atoms with Gasteiger partial charge in [0.1, 0.15) is 12.4 Å². The summed E-state index contributed by atoms with van der Waals surface area (Å²) < 4.78 is 32.8. The van der Waals surface area contributed by atoms with Crippen molar-refractivity contribution in [1.29, 1.82) is 5.26 Å². The third-order valence-corrected chi connectivity index (χ3v) is 4.31. The van der Waals surface area contributed by atoms with Crippen LogP contribution in [0.25, 0.3) is 0 Å². The van der Waals surface area contributed by atoms with E-state index < -0.39 is 11.8 Å². The number of anilines is 1. The number of nitrogens with zero attached hydrogens (tertiary/aromatic N) is 2. The lowest BCUT2D eigenvalue weighted by molar-refractivity contribution is 0.220. The van der Waals surface area contributed by atoms with E-state index in [-0.39, 0.29) is 30.4 Å². The van der Waals surface area contributed by atoms with Crippen molar-refractivity contribution >= 4 is 11.7 Å². The molecular formula is C23H19F2N3O2. The van der Waals surface area contributed by atoms with E-state index in [4.69, 9.17) is 10.00 Å². The van der Waals surface area contributed by atoms with Crippen LogP contribution in [-0.2, 0) is 13.2 Å². The minimum Gasteiger partial charge on any atom is -0.486 e. The molecule has 0 aliphatic heterocycles. The monoisotopic (exact) mass is 407 g/mol. The highest BCUT2D eigenvalue weighted by Crippen LogP contribution is 2.23. The van der Waals surface area contributed by atoms with Crippen molar-refractivity contribution in [3.63, 3.8) is 0 Å². The summed E-state index contributed by atoms with van der Waals surface area (Å²) in [4.78, 5) is 13.7. The normalized spacial score (nSPS) is 10.2. The SMILES string of the molecule is CN(Cc1ccc(F)cc1)C(=O)Nc1ccc(OCc2cccc(C#N)c2)c(F)c1. The molecule has 0 bridgehead atoms. The van der Waals surface area contributed by atoms with Gasteiger partial charge >= 0.3 is 6.03 Å². The van der Waals surface area contributed by atoms with Crippen molar-refractivity contribution in [2.24, 2.45) is 0 Å². The van der Waals surface area contributed by atoms with Crippen LogP contribution in [0.3, 0.4) is 0 Å². The Kier molecular flexibility index (Phi) is 6.60. The molecule has 3 rings (SSSR count). The zero-order chi connectivity index (χ0) is 21.5. The first kappa shape index (κ1) is 20.8. The highest BCUT2D eigenvalue weighted by molar-refractivity contribution is 5.89. The number of urea groups is 1. The second-order valence-corrected chi connectivity index (χ2v) is 6.66. The number of hydrogen-bond donors (Lipinski definition) is 1. The van der Waals surface area contributed by atoms with Crippen LogP contribution in [0.5, 0.6) is 5.75 Å². The molecule has 0 aromatic heterocycles. The average molecular weight is 407 g/mol. The van der Waals surface area contributed by atoms with Crippen LogP contribution in [0.4, 0.5) is 19.3 Å². The van der Waals surface area contributed by atoms with E-state index in [0.29, 0.717) is 5.56 Å². The quantitative estimate of drug-likeness (QED) is 0.620. The largest absolute Gasteiger partial charge is 0.486 e. The van der Waals surface area contributed by atoms with Crippen molar-refractivity contribution in [3.05, 3.63) is 95.1 Å². The molecule has 7 heteroatoms. The van der Waals surface area contributed by atoms with Crippen LogP contribution in [0, 0.1) is 23.0 Å². The van der Waals surface area contributed by atoms with Gasteiger partial charge in [-0.25, -0.2) is 13.6 Å². The number of ether oxygens (including phenoxy) is 1. The molecule has 0 aliphatic rings. The predicted molar refractivity (Wildman–Crippen MR) is 109 cm³/mol. The molecule has 0 spiro atoms. The number of hydrogen-bond acceptors (Lipinski definition) is 3. The number of carbonyl (C=O) groups is 1. The zero-order valence-corrected chi connectivity index (χ0v) is 16.2. The number of nitrogens with one attached hydrogen (secondary N) is 1. The minimum atomic E-state index is -0.620. The van der Waals surface area contributed by atoms with Crippen molar-refractivity contribution in [2.45, 2.75) is 13.2 Å². The number of amides is 2. The zero-order valence-electron chi connectivity index (χ0n) is 16.2. The van der Waals surface area contributed by atoms with E-state index >= 15 is 0 Å². The van der Waals surface area contributed by atoms with Gasteiger partial charge in [0.15, 0.2) is 11.6 Å². The fraction of sp³-hybridized carbons (Fsp3) is 0.130. The van der Waals surface area contributed by atoms with Gasteiger partial charge < -0.3 is 15.0 Å². The summed E-state index contributed by atoms with van der Waals surface area (Å²) in [6.45, 7) is 0.385. The second-order valence-electron chi connectivity index (χ2n) is 6.66. The van der Waals surface area contributed by atoms with E-state index in [0.717, 1.165) is 11.1 Å². The molecule has 0 heterocycles. The molecule has 0 radical (unpaired) electrons. The smallest absolute Gasteiger partial charge is 0.321 e. The summed E-state index contributed by atoms with van der Waals surface area (Å²) in [5.41, 5.74) is 2.29.